The van der Waals surface area contributed by atoms with E-state index in [0.29, 0.717) is 18.8 Å². The molecule has 0 aliphatic carbocycles. The Morgan fingerprint density at radius 2 is 1.91 bits per heavy atom. The van der Waals surface area contributed by atoms with Gasteiger partial charge in [0, 0.05) is 30.7 Å². The third kappa shape index (κ3) is 6.62. The summed E-state index contributed by atoms with van der Waals surface area (Å²) in [6.07, 6.45) is 0.856. The second kappa shape index (κ2) is 11.3. The first-order valence-electron chi connectivity index (χ1n) is 6.51. The molecule has 0 aliphatic heterocycles. The standard InChI is InChI=1S/C14H18N4OS.2ClH/c15-9-13-18-12(10-20-13)14(19)17-8-4-7-16-11-5-2-1-3-6-11;;/h1-3,5-6,10,16H,4,7-9,15H2,(H,17,19);2*1H. The molecule has 1 amide bonds. The van der Waals surface area contributed by atoms with Crippen molar-refractivity contribution in [2.75, 3.05) is 18.4 Å². The summed E-state index contributed by atoms with van der Waals surface area (Å²) in [5.74, 6) is -0.138. The van der Waals surface area contributed by atoms with Gasteiger partial charge in [0.1, 0.15) is 10.7 Å². The molecule has 0 bridgehead atoms. The van der Waals surface area contributed by atoms with Crippen LogP contribution in [0.15, 0.2) is 35.7 Å². The van der Waals surface area contributed by atoms with E-state index in [-0.39, 0.29) is 30.7 Å². The van der Waals surface area contributed by atoms with Crippen LogP contribution in [0.2, 0.25) is 0 Å². The molecule has 5 nitrogen and oxygen atoms in total. The average molecular weight is 363 g/mol. The number of hydrogen-bond acceptors (Lipinski definition) is 5. The van der Waals surface area contributed by atoms with Crippen LogP contribution in [0.1, 0.15) is 21.9 Å². The Bertz CT molecular complexity index is 551. The lowest BCUT2D eigenvalue weighted by Crippen LogP contribution is -2.26. The Morgan fingerprint density at radius 1 is 1.18 bits per heavy atom. The fourth-order valence-corrected chi connectivity index (χ4v) is 2.33. The minimum absolute atomic E-state index is 0. The number of hydrogen-bond donors (Lipinski definition) is 3. The predicted octanol–water partition coefficient (Wildman–Crippen LogP) is 2.68. The van der Waals surface area contributed by atoms with Crippen molar-refractivity contribution in [3.05, 3.63) is 46.4 Å². The van der Waals surface area contributed by atoms with E-state index in [2.05, 4.69) is 15.6 Å². The van der Waals surface area contributed by atoms with E-state index < -0.39 is 0 Å². The molecule has 0 saturated carbocycles. The normalized spacial score (nSPS) is 9.32. The minimum Gasteiger partial charge on any atom is -0.385 e. The lowest BCUT2D eigenvalue weighted by molar-refractivity contribution is 0.0949. The Morgan fingerprint density at radius 3 is 2.55 bits per heavy atom. The Hall–Kier alpha value is -1.34. The van der Waals surface area contributed by atoms with Crippen LogP contribution < -0.4 is 16.4 Å². The van der Waals surface area contributed by atoms with Crippen molar-refractivity contribution in [2.45, 2.75) is 13.0 Å². The van der Waals surface area contributed by atoms with Gasteiger partial charge in [-0.3, -0.25) is 4.79 Å². The van der Waals surface area contributed by atoms with Crippen molar-refractivity contribution in [1.29, 1.82) is 0 Å². The first kappa shape index (κ1) is 20.7. The highest BCUT2D eigenvalue weighted by atomic mass is 35.5. The number of aromatic nitrogens is 1. The van der Waals surface area contributed by atoms with Crippen LogP contribution in [0.5, 0.6) is 0 Å². The van der Waals surface area contributed by atoms with Gasteiger partial charge >= 0.3 is 0 Å². The van der Waals surface area contributed by atoms with E-state index in [0.717, 1.165) is 23.7 Å². The molecule has 0 radical (unpaired) electrons. The number of halogens is 2. The van der Waals surface area contributed by atoms with Gasteiger partial charge in [-0.05, 0) is 18.6 Å². The number of benzene rings is 1. The van der Waals surface area contributed by atoms with E-state index in [1.54, 1.807) is 5.38 Å². The quantitative estimate of drug-likeness (QED) is 0.661. The molecule has 8 heteroatoms. The van der Waals surface area contributed by atoms with E-state index in [4.69, 9.17) is 5.73 Å². The van der Waals surface area contributed by atoms with Crippen molar-refractivity contribution >= 4 is 47.7 Å². The van der Waals surface area contributed by atoms with Crippen LogP contribution in [-0.2, 0) is 6.54 Å². The van der Waals surface area contributed by atoms with Gasteiger partial charge in [0.25, 0.3) is 5.91 Å². The molecule has 0 fully saturated rings. The monoisotopic (exact) mass is 362 g/mol. The molecule has 0 unspecified atom stereocenters. The van der Waals surface area contributed by atoms with Gasteiger partial charge in [-0.15, -0.1) is 36.2 Å². The molecule has 2 aromatic rings. The number of anilines is 1. The topological polar surface area (TPSA) is 80.0 Å². The number of para-hydroxylation sites is 1. The van der Waals surface area contributed by atoms with Crippen LogP contribution in [0.4, 0.5) is 5.69 Å². The number of rotatable bonds is 7. The van der Waals surface area contributed by atoms with Gasteiger partial charge in [0.15, 0.2) is 0 Å². The highest BCUT2D eigenvalue weighted by Crippen LogP contribution is 2.08. The molecule has 1 heterocycles. The summed E-state index contributed by atoms with van der Waals surface area (Å²) in [7, 11) is 0. The van der Waals surface area contributed by atoms with E-state index in [1.807, 2.05) is 30.3 Å². The summed E-state index contributed by atoms with van der Waals surface area (Å²) in [5.41, 5.74) is 7.01. The van der Waals surface area contributed by atoms with Crippen LogP contribution >= 0.6 is 36.2 Å². The zero-order valence-corrected chi connectivity index (χ0v) is 14.4. The van der Waals surface area contributed by atoms with Gasteiger partial charge in [-0.25, -0.2) is 4.98 Å². The predicted molar refractivity (Wildman–Crippen MR) is 96.4 cm³/mol. The molecular weight excluding hydrogens is 343 g/mol. The zero-order valence-electron chi connectivity index (χ0n) is 12.0. The molecule has 0 aliphatic rings. The minimum atomic E-state index is -0.138. The molecule has 1 aromatic carbocycles. The lowest BCUT2D eigenvalue weighted by Gasteiger charge is -2.06. The number of amides is 1. The summed E-state index contributed by atoms with van der Waals surface area (Å²) < 4.78 is 0. The van der Waals surface area contributed by atoms with Crippen LogP contribution in [0.3, 0.4) is 0 Å². The lowest BCUT2D eigenvalue weighted by atomic mass is 10.3. The summed E-state index contributed by atoms with van der Waals surface area (Å²) in [6, 6.07) is 9.99. The number of carbonyl (C=O) groups excluding carboxylic acids is 1. The van der Waals surface area contributed by atoms with Gasteiger partial charge in [-0.1, -0.05) is 18.2 Å². The van der Waals surface area contributed by atoms with E-state index in [9.17, 15) is 4.79 Å². The third-order valence-electron chi connectivity index (χ3n) is 2.70. The van der Waals surface area contributed by atoms with Crippen LogP contribution in [0, 0.1) is 0 Å². The van der Waals surface area contributed by atoms with Gasteiger partial charge in [0.2, 0.25) is 0 Å². The molecule has 122 valence electrons. The second-order valence-corrected chi connectivity index (χ2v) is 5.18. The third-order valence-corrected chi connectivity index (χ3v) is 3.57. The second-order valence-electron chi connectivity index (χ2n) is 4.23. The SMILES string of the molecule is Cl.Cl.NCc1nc(C(=O)NCCCNc2ccccc2)cs1. The summed E-state index contributed by atoms with van der Waals surface area (Å²) >= 11 is 1.41. The number of nitrogens with zero attached hydrogens (tertiary/aromatic N) is 1. The summed E-state index contributed by atoms with van der Waals surface area (Å²) in [6.45, 7) is 1.81. The van der Waals surface area contributed by atoms with E-state index in [1.165, 1.54) is 11.3 Å². The van der Waals surface area contributed by atoms with Crippen molar-refractivity contribution in [3.8, 4) is 0 Å². The molecule has 0 saturated heterocycles. The first-order chi connectivity index (χ1) is 9.79. The molecule has 0 spiro atoms. The van der Waals surface area contributed by atoms with Crippen LogP contribution in [-0.4, -0.2) is 24.0 Å². The van der Waals surface area contributed by atoms with Gasteiger partial charge in [0.05, 0.1) is 0 Å². The smallest absolute Gasteiger partial charge is 0.270 e. The molecule has 4 N–H and O–H groups in total. The molecule has 2 rings (SSSR count). The number of thiazole rings is 1. The maximum absolute atomic E-state index is 11.8. The Kier molecular flexibility index (Phi) is 10.6. The maximum atomic E-state index is 11.8. The molecule has 0 atom stereocenters. The van der Waals surface area contributed by atoms with Gasteiger partial charge in [-0.2, -0.15) is 0 Å². The Balaban J connectivity index is 0.00000220. The summed E-state index contributed by atoms with van der Waals surface area (Å²) in [5, 5.41) is 8.65. The maximum Gasteiger partial charge on any atom is 0.270 e. The molecule has 22 heavy (non-hydrogen) atoms. The molecule has 1 aromatic heterocycles. The van der Waals surface area contributed by atoms with E-state index >= 15 is 0 Å². The van der Waals surface area contributed by atoms with Crippen molar-refractivity contribution in [3.63, 3.8) is 0 Å². The van der Waals surface area contributed by atoms with Crippen LogP contribution in [0.25, 0.3) is 0 Å². The highest BCUT2D eigenvalue weighted by Gasteiger charge is 2.08. The fraction of sp³-hybridized carbons (Fsp3) is 0.286. The Labute approximate surface area is 146 Å². The zero-order chi connectivity index (χ0) is 14.2. The van der Waals surface area contributed by atoms with Crippen molar-refractivity contribution in [1.82, 2.24) is 10.3 Å². The van der Waals surface area contributed by atoms with Crippen molar-refractivity contribution in [2.24, 2.45) is 5.73 Å². The van der Waals surface area contributed by atoms with Crippen molar-refractivity contribution < 1.29 is 4.79 Å². The number of nitrogens with two attached hydrogens (primary N) is 1. The fourth-order valence-electron chi connectivity index (χ4n) is 1.68. The number of nitrogens with one attached hydrogen (secondary N) is 2. The molecular formula is C14H20Cl2N4OS. The van der Waals surface area contributed by atoms with Gasteiger partial charge < -0.3 is 16.4 Å². The summed E-state index contributed by atoms with van der Waals surface area (Å²) in [4.78, 5) is 15.9. The first-order valence-corrected chi connectivity index (χ1v) is 7.39. The highest BCUT2D eigenvalue weighted by molar-refractivity contribution is 7.09. The number of carbonyl (C=O) groups is 1. The average Bonchev–Trinajstić information content (AvgIpc) is 2.97. The largest absolute Gasteiger partial charge is 0.385 e.